The fourth-order valence-corrected chi connectivity index (χ4v) is 3.49. The van der Waals surface area contributed by atoms with Crippen LogP contribution in [0.15, 0.2) is 0 Å². The summed E-state index contributed by atoms with van der Waals surface area (Å²) in [6.45, 7) is 2.84. The van der Waals surface area contributed by atoms with Crippen LogP contribution in [0, 0.1) is 5.41 Å². The Morgan fingerprint density at radius 3 is 2.00 bits per heavy atom. The SMILES string of the molecule is C1CCC(N2CCC3(CC2)CC3)CC1. The summed E-state index contributed by atoms with van der Waals surface area (Å²) in [4.78, 5) is 2.81. The van der Waals surface area contributed by atoms with Crippen molar-refractivity contribution in [1.29, 1.82) is 0 Å². The minimum absolute atomic E-state index is 0.866. The zero-order valence-corrected chi connectivity index (χ0v) is 9.30. The summed E-state index contributed by atoms with van der Waals surface area (Å²) < 4.78 is 0. The lowest BCUT2D eigenvalue weighted by Gasteiger charge is -2.39. The molecule has 3 rings (SSSR count). The van der Waals surface area contributed by atoms with E-state index in [1.54, 1.807) is 12.8 Å². The quantitative estimate of drug-likeness (QED) is 0.618. The van der Waals surface area contributed by atoms with E-state index < -0.39 is 0 Å². The molecule has 3 fully saturated rings. The van der Waals surface area contributed by atoms with Crippen LogP contribution in [0.1, 0.15) is 57.8 Å². The molecule has 1 heteroatoms. The number of hydrogen-bond donors (Lipinski definition) is 0. The Kier molecular flexibility index (Phi) is 2.31. The summed E-state index contributed by atoms with van der Waals surface area (Å²) in [5.41, 5.74) is 0.866. The number of piperidine rings is 1. The highest BCUT2D eigenvalue weighted by molar-refractivity contribution is 4.97. The first-order valence-corrected chi connectivity index (χ1v) is 6.62. The number of nitrogens with zero attached hydrogens (tertiary/aromatic N) is 1. The molecule has 0 atom stereocenters. The second-order valence-electron chi connectivity index (χ2n) is 5.83. The third kappa shape index (κ3) is 1.71. The average molecular weight is 193 g/mol. The van der Waals surface area contributed by atoms with Gasteiger partial charge in [-0.3, -0.25) is 0 Å². The molecule has 2 aliphatic carbocycles. The molecule has 0 N–H and O–H groups in total. The molecular weight excluding hydrogens is 170 g/mol. The first kappa shape index (κ1) is 9.21. The molecule has 1 saturated heterocycles. The average Bonchev–Trinajstić information content (AvgIpc) is 3.01. The second kappa shape index (κ2) is 3.52. The Morgan fingerprint density at radius 1 is 0.786 bits per heavy atom. The van der Waals surface area contributed by atoms with Gasteiger partial charge in [-0.15, -0.1) is 0 Å². The highest BCUT2D eigenvalue weighted by atomic mass is 15.2. The van der Waals surface area contributed by atoms with Crippen LogP contribution in [0.2, 0.25) is 0 Å². The lowest BCUT2D eigenvalue weighted by atomic mass is 9.89. The van der Waals surface area contributed by atoms with E-state index in [0.29, 0.717) is 0 Å². The largest absolute Gasteiger partial charge is 0.300 e. The summed E-state index contributed by atoms with van der Waals surface area (Å²) in [6.07, 6.45) is 13.6. The third-order valence-electron chi connectivity index (χ3n) is 4.91. The van der Waals surface area contributed by atoms with E-state index in [2.05, 4.69) is 4.90 Å². The van der Waals surface area contributed by atoms with Crippen LogP contribution in [-0.4, -0.2) is 24.0 Å². The third-order valence-corrected chi connectivity index (χ3v) is 4.91. The van der Waals surface area contributed by atoms with E-state index >= 15 is 0 Å². The van der Waals surface area contributed by atoms with Gasteiger partial charge in [-0.05, 0) is 57.0 Å². The topological polar surface area (TPSA) is 3.24 Å². The predicted molar refractivity (Wildman–Crippen MR) is 59.3 cm³/mol. The van der Waals surface area contributed by atoms with Crippen molar-refractivity contribution in [3.63, 3.8) is 0 Å². The van der Waals surface area contributed by atoms with Crippen molar-refractivity contribution in [2.45, 2.75) is 63.8 Å². The van der Waals surface area contributed by atoms with Gasteiger partial charge in [0.1, 0.15) is 0 Å². The highest BCUT2D eigenvalue weighted by Crippen LogP contribution is 2.53. The zero-order chi connectivity index (χ0) is 9.43. The predicted octanol–water partition coefficient (Wildman–Crippen LogP) is 3.20. The first-order chi connectivity index (χ1) is 6.88. The van der Waals surface area contributed by atoms with Gasteiger partial charge in [0.2, 0.25) is 0 Å². The highest BCUT2D eigenvalue weighted by Gasteiger charge is 2.45. The van der Waals surface area contributed by atoms with E-state index in [9.17, 15) is 0 Å². The Hall–Kier alpha value is -0.0400. The van der Waals surface area contributed by atoms with Crippen molar-refractivity contribution >= 4 is 0 Å². The van der Waals surface area contributed by atoms with Gasteiger partial charge in [0.05, 0.1) is 0 Å². The fourth-order valence-electron chi connectivity index (χ4n) is 3.49. The van der Waals surface area contributed by atoms with Gasteiger partial charge in [-0.1, -0.05) is 19.3 Å². The van der Waals surface area contributed by atoms with Gasteiger partial charge in [0.25, 0.3) is 0 Å². The molecule has 1 aliphatic heterocycles. The normalized spacial score (nSPS) is 33.4. The van der Waals surface area contributed by atoms with E-state index in [0.717, 1.165) is 11.5 Å². The summed E-state index contributed by atoms with van der Waals surface area (Å²) in [6, 6.07) is 0.972. The standard InChI is InChI=1S/C13H23N/c1-2-4-12(5-3-1)14-10-8-13(6-7-13)9-11-14/h12H,1-11H2. The van der Waals surface area contributed by atoms with E-state index in [-0.39, 0.29) is 0 Å². The molecule has 0 amide bonds. The minimum atomic E-state index is 0.866. The molecule has 2 saturated carbocycles. The second-order valence-corrected chi connectivity index (χ2v) is 5.83. The molecule has 0 radical (unpaired) electrons. The molecule has 14 heavy (non-hydrogen) atoms. The number of rotatable bonds is 1. The lowest BCUT2D eigenvalue weighted by molar-refractivity contribution is 0.0997. The maximum atomic E-state index is 2.81. The van der Waals surface area contributed by atoms with Crippen LogP contribution < -0.4 is 0 Å². The smallest absolute Gasteiger partial charge is 0.00952 e. The van der Waals surface area contributed by atoms with Gasteiger partial charge in [-0.2, -0.15) is 0 Å². The molecule has 80 valence electrons. The van der Waals surface area contributed by atoms with Gasteiger partial charge in [0.15, 0.2) is 0 Å². The van der Waals surface area contributed by atoms with Crippen molar-refractivity contribution in [1.82, 2.24) is 4.90 Å². The summed E-state index contributed by atoms with van der Waals surface area (Å²) in [5, 5.41) is 0. The molecule has 0 unspecified atom stereocenters. The number of likely N-dealkylation sites (tertiary alicyclic amines) is 1. The van der Waals surface area contributed by atoms with E-state index in [4.69, 9.17) is 0 Å². The van der Waals surface area contributed by atoms with Gasteiger partial charge >= 0.3 is 0 Å². The van der Waals surface area contributed by atoms with Crippen LogP contribution in [0.3, 0.4) is 0 Å². The number of hydrogen-bond acceptors (Lipinski definition) is 1. The Bertz CT molecular complexity index is 191. The van der Waals surface area contributed by atoms with Crippen LogP contribution in [0.25, 0.3) is 0 Å². The Labute approximate surface area is 87.9 Å². The molecular formula is C13H23N. The molecule has 0 aromatic rings. The lowest BCUT2D eigenvalue weighted by Crippen LogP contribution is -2.42. The summed E-state index contributed by atoms with van der Waals surface area (Å²) in [7, 11) is 0. The van der Waals surface area contributed by atoms with Crippen molar-refractivity contribution in [2.24, 2.45) is 5.41 Å². The van der Waals surface area contributed by atoms with Crippen LogP contribution >= 0.6 is 0 Å². The molecule has 1 heterocycles. The van der Waals surface area contributed by atoms with Crippen molar-refractivity contribution in [2.75, 3.05) is 13.1 Å². The Balaban J connectivity index is 1.53. The zero-order valence-electron chi connectivity index (χ0n) is 9.30. The fraction of sp³-hybridized carbons (Fsp3) is 1.00. The molecule has 0 aromatic heterocycles. The van der Waals surface area contributed by atoms with Gasteiger partial charge in [-0.25, -0.2) is 0 Å². The van der Waals surface area contributed by atoms with E-state index in [1.165, 1.54) is 58.0 Å². The van der Waals surface area contributed by atoms with Gasteiger partial charge < -0.3 is 4.90 Å². The van der Waals surface area contributed by atoms with Crippen LogP contribution in [0.5, 0.6) is 0 Å². The van der Waals surface area contributed by atoms with Crippen molar-refractivity contribution < 1.29 is 0 Å². The molecule has 3 aliphatic rings. The molecule has 1 spiro atoms. The maximum absolute atomic E-state index is 2.81. The molecule has 1 nitrogen and oxygen atoms in total. The molecule has 0 bridgehead atoms. The van der Waals surface area contributed by atoms with Crippen LogP contribution in [0.4, 0.5) is 0 Å². The van der Waals surface area contributed by atoms with Gasteiger partial charge in [0, 0.05) is 6.04 Å². The molecule has 0 aromatic carbocycles. The maximum Gasteiger partial charge on any atom is 0.00952 e. The van der Waals surface area contributed by atoms with Crippen molar-refractivity contribution in [3.05, 3.63) is 0 Å². The van der Waals surface area contributed by atoms with E-state index in [1.807, 2.05) is 0 Å². The summed E-state index contributed by atoms with van der Waals surface area (Å²) in [5.74, 6) is 0. The monoisotopic (exact) mass is 193 g/mol. The van der Waals surface area contributed by atoms with Crippen LogP contribution in [-0.2, 0) is 0 Å². The minimum Gasteiger partial charge on any atom is -0.300 e. The Morgan fingerprint density at radius 2 is 1.43 bits per heavy atom. The summed E-state index contributed by atoms with van der Waals surface area (Å²) >= 11 is 0. The van der Waals surface area contributed by atoms with Crippen molar-refractivity contribution in [3.8, 4) is 0 Å². The first-order valence-electron chi connectivity index (χ1n) is 6.62.